The second-order valence-electron chi connectivity index (χ2n) is 4.70. The lowest BCUT2D eigenvalue weighted by molar-refractivity contribution is 0.300. The van der Waals surface area contributed by atoms with Crippen molar-refractivity contribution in [2.75, 3.05) is 0 Å². The third kappa shape index (κ3) is 2.44. The van der Waals surface area contributed by atoms with Crippen LogP contribution in [0.2, 0.25) is 0 Å². The Kier molecular flexibility index (Phi) is 3.23. The fourth-order valence-electron chi connectivity index (χ4n) is 2.76. The van der Waals surface area contributed by atoms with Gasteiger partial charge in [0.05, 0.1) is 0 Å². The van der Waals surface area contributed by atoms with Crippen molar-refractivity contribution in [3.8, 4) is 0 Å². The first-order chi connectivity index (χ1) is 6.36. The molecule has 0 bridgehead atoms. The van der Waals surface area contributed by atoms with Crippen LogP contribution >= 0.6 is 0 Å². The molecule has 0 heterocycles. The lowest BCUT2D eigenvalue weighted by Gasteiger charge is -2.31. The third-order valence-electron chi connectivity index (χ3n) is 3.62. The van der Waals surface area contributed by atoms with E-state index in [1.807, 2.05) is 0 Å². The minimum Gasteiger partial charge on any atom is -0.326 e. The molecule has 2 nitrogen and oxygen atoms in total. The molecule has 13 heavy (non-hydrogen) atoms. The second-order valence-corrected chi connectivity index (χ2v) is 4.70. The standard InChI is InChI=1S/C11H22N2/c12-10-7-3-4-8-11(10)13-9-5-1-2-6-9/h9-11,13H,1-8,12H2. The van der Waals surface area contributed by atoms with Crippen molar-refractivity contribution in [2.24, 2.45) is 5.73 Å². The van der Waals surface area contributed by atoms with E-state index in [2.05, 4.69) is 5.32 Å². The molecule has 2 unspecified atom stereocenters. The Balaban J connectivity index is 1.78. The highest BCUT2D eigenvalue weighted by molar-refractivity contribution is 4.87. The van der Waals surface area contributed by atoms with Gasteiger partial charge in [0.15, 0.2) is 0 Å². The molecule has 0 radical (unpaired) electrons. The van der Waals surface area contributed by atoms with Crippen LogP contribution in [0.15, 0.2) is 0 Å². The number of hydrogen-bond donors (Lipinski definition) is 2. The molecular weight excluding hydrogens is 160 g/mol. The van der Waals surface area contributed by atoms with Crippen LogP contribution in [0.25, 0.3) is 0 Å². The Morgan fingerprint density at radius 3 is 2.15 bits per heavy atom. The number of nitrogens with two attached hydrogens (primary N) is 1. The van der Waals surface area contributed by atoms with Crippen molar-refractivity contribution < 1.29 is 0 Å². The van der Waals surface area contributed by atoms with E-state index in [-0.39, 0.29) is 0 Å². The zero-order valence-electron chi connectivity index (χ0n) is 8.47. The summed E-state index contributed by atoms with van der Waals surface area (Å²) in [5.74, 6) is 0. The van der Waals surface area contributed by atoms with E-state index in [1.165, 1.54) is 51.4 Å². The predicted molar refractivity (Wildman–Crippen MR) is 55.6 cm³/mol. The maximum atomic E-state index is 6.09. The van der Waals surface area contributed by atoms with E-state index in [1.54, 1.807) is 0 Å². The topological polar surface area (TPSA) is 38.0 Å². The van der Waals surface area contributed by atoms with Gasteiger partial charge < -0.3 is 11.1 Å². The van der Waals surface area contributed by atoms with Gasteiger partial charge in [-0.25, -0.2) is 0 Å². The van der Waals surface area contributed by atoms with E-state index in [4.69, 9.17) is 5.73 Å². The molecule has 2 heteroatoms. The molecule has 76 valence electrons. The molecule has 0 aromatic heterocycles. The van der Waals surface area contributed by atoms with E-state index >= 15 is 0 Å². The molecule has 0 aromatic carbocycles. The molecule has 0 saturated heterocycles. The molecule has 2 atom stereocenters. The zero-order valence-corrected chi connectivity index (χ0v) is 8.47. The molecule has 2 rings (SSSR count). The van der Waals surface area contributed by atoms with Crippen molar-refractivity contribution in [3.05, 3.63) is 0 Å². The van der Waals surface area contributed by atoms with Gasteiger partial charge in [0.25, 0.3) is 0 Å². The first-order valence-electron chi connectivity index (χ1n) is 5.88. The Hall–Kier alpha value is -0.0800. The minimum atomic E-state index is 0.425. The van der Waals surface area contributed by atoms with Crippen LogP contribution in [-0.4, -0.2) is 18.1 Å². The molecule has 3 N–H and O–H groups in total. The van der Waals surface area contributed by atoms with Gasteiger partial charge in [-0.05, 0) is 25.7 Å². The van der Waals surface area contributed by atoms with Crippen LogP contribution in [0.1, 0.15) is 51.4 Å². The van der Waals surface area contributed by atoms with E-state index < -0.39 is 0 Å². The normalized spacial score (nSPS) is 36.7. The maximum absolute atomic E-state index is 6.09. The van der Waals surface area contributed by atoms with Crippen LogP contribution in [0.4, 0.5) is 0 Å². The monoisotopic (exact) mass is 182 g/mol. The molecule has 2 saturated carbocycles. The van der Waals surface area contributed by atoms with Crippen molar-refractivity contribution in [1.29, 1.82) is 0 Å². The number of rotatable bonds is 2. The summed E-state index contributed by atoms with van der Waals surface area (Å²) < 4.78 is 0. The van der Waals surface area contributed by atoms with E-state index in [9.17, 15) is 0 Å². The predicted octanol–water partition coefficient (Wildman–Crippen LogP) is 1.79. The van der Waals surface area contributed by atoms with Crippen molar-refractivity contribution in [2.45, 2.75) is 69.5 Å². The summed E-state index contributed by atoms with van der Waals surface area (Å²) in [5.41, 5.74) is 6.09. The summed E-state index contributed by atoms with van der Waals surface area (Å²) in [5, 5.41) is 3.74. The van der Waals surface area contributed by atoms with Gasteiger partial charge >= 0.3 is 0 Å². The van der Waals surface area contributed by atoms with Gasteiger partial charge in [-0.15, -0.1) is 0 Å². The van der Waals surface area contributed by atoms with Crippen molar-refractivity contribution in [1.82, 2.24) is 5.32 Å². The summed E-state index contributed by atoms with van der Waals surface area (Å²) in [6, 6.07) is 1.83. The zero-order chi connectivity index (χ0) is 9.10. The Morgan fingerprint density at radius 2 is 1.46 bits per heavy atom. The van der Waals surface area contributed by atoms with E-state index in [0.29, 0.717) is 12.1 Å². The Morgan fingerprint density at radius 1 is 0.846 bits per heavy atom. The highest BCUT2D eigenvalue weighted by atomic mass is 15.0. The van der Waals surface area contributed by atoms with Gasteiger partial charge in [0, 0.05) is 18.1 Å². The highest BCUT2D eigenvalue weighted by Crippen LogP contribution is 2.22. The highest BCUT2D eigenvalue weighted by Gasteiger charge is 2.25. The smallest absolute Gasteiger partial charge is 0.0221 e. The van der Waals surface area contributed by atoms with Gasteiger partial charge in [-0.2, -0.15) is 0 Å². The summed E-state index contributed by atoms with van der Waals surface area (Å²) in [7, 11) is 0. The molecule has 2 aliphatic rings. The summed E-state index contributed by atoms with van der Waals surface area (Å²) in [6.45, 7) is 0. The van der Waals surface area contributed by atoms with Crippen LogP contribution in [0.5, 0.6) is 0 Å². The van der Waals surface area contributed by atoms with Crippen molar-refractivity contribution in [3.63, 3.8) is 0 Å². The number of hydrogen-bond acceptors (Lipinski definition) is 2. The summed E-state index contributed by atoms with van der Waals surface area (Å²) >= 11 is 0. The molecule has 2 aliphatic carbocycles. The molecule has 0 amide bonds. The second kappa shape index (κ2) is 4.43. The number of nitrogens with one attached hydrogen (secondary N) is 1. The maximum Gasteiger partial charge on any atom is 0.0221 e. The van der Waals surface area contributed by atoms with Gasteiger partial charge in [0.1, 0.15) is 0 Å². The van der Waals surface area contributed by atoms with E-state index in [0.717, 1.165) is 6.04 Å². The van der Waals surface area contributed by atoms with Crippen LogP contribution in [0, 0.1) is 0 Å². The summed E-state index contributed by atoms with van der Waals surface area (Å²) in [4.78, 5) is 0. The van der Waals surface area contributed by atoms with Crippen LogP contribution in [0.3, 0.4) is 0 Å². The summed E-state index contributed by atoms with van der Waals surface area (Å²) in [6.07, 6.45) is 10.8. The van der Waals surface area contributed by atoms with Gasteiger partial charge in [-0.3, -0.25) is 0 Å². The molecule has 0 spiro atoms. The van der Waals surface area contributed by atoms with Gasteiger partial charge in [-0.1, -0.05) is 25.7 Å². The quantitative estimate of drug-likeness (QED) is 0.683. The van der Waals surface area contributed by atoms with Crippen molar-refractivity contribution >= 4 is 0 Å². The Labute approximate surface area is 81.3 Å². The fraction of sp³-hybridized carbons (Fsp3) is 1.00. The van der Waals surface area contributed by atoms with Gasteiger partial charge in [0.2, 0.25) is 0 Å². The fourth-order valence-corrected chi connectivity index (χ4v) is 2.76. The molecule has 0 aliphatic heterocycles. The van der Waals surface area contributed by atoms with Crippen LogP contribution < -0.4 is 11.1 Å². The largest absolute Gasteiger partial charge is 0.326 e. The minimum absolute atomic E-state index is 0.425. The average Bonchev–Trinajstić information content (AvgIpc) is 2.61. The molecular formula is C11H22N2. The Bertz CT molecular complexity index is 152. The third-order valence-corrected chi connectivity index (χ3v) is 3.62. The molecule has 0 aromatic rings. The first-order valence-corrected chi connectivity index (χ1v) is 5.88. The lowest BCUT2D eigenvalue weighted by Crippen LogP contribution is -2.50. The average molecular weight is 182 g/mol. The lowest BCUT2D eigenvalue weighted by atomic mass is 9.90. The molecule has 2 fully saturated rings. The SMILES string of the molecule is NC1CCCCC1NC1CCCC1. The van der Waals surface area contributed by atoms with Crippen LogP contribution in [-0.2, 0) is 0 Å². The first kappa shape index (κ1) is 9.47.